The fourth-order valence-electron chi connectivity index (χ4n) is 2.98. The zero-order chi connectivity index (χ0) is 14.8. The molecule has 2 N–H and O–H groups in total. The molecule has 0 atom stereocenters. The molecule has 4 heteroatoms. The molecule has 0 amide bonds. The maximum Gasteiger partial charge on any atom is 0.336 e. The zero-order valence-corrected chi connectivity index (χ0v) is 12.2. The highest BCUT2D eigenvalue weighted by Crippen LogP contribution is 2.28. The zero-order valence-electron chi connectivity index (χ0n) is 12.2. The maximum absolute atomic E-state index is 11.3. The van der Waals surface area contributed by atoms with Crippen LogP contribution in [0.15, 0.2) is 36.4 Å². The number of piperidine rings is 1. The summed E-state index contributed by atoms with van der Waals surface area (Å²) >= 11 is 0. The Morgan fingerprint density at radius 1 is 1.14 bits per heavy atom. The van der Waals surface area contributed by atoms with E-state index in [4.69, 9.17) is 0 Å². The number of nitrogens with one attached hydrogen (secondary N) is 1. The Morgan fingerprint density at radius 2 is 1.81 bits per heavy atom. The van der Waals surface area contributed by atoms with E-state index in [-0.39, 0.29) is 0 Å². The second-order valence-electron chi connectivity index (χ2n) is 5.73. The Bertz CT molecular complexity index is 661. The molecule has 0 bridgehead atoms. The van der Waals surface area contributed by atoms with E-state index in [1.807, 2.05) is 30.3 Å². The summed E-state index contributed by atoms with van der Waals surface area (Å²) in [4.78, 5) is 13.7. The van der Waals surface area contributed by atoms with E-state index < -0.39 is 5.97 Å². The van der Waals surface area contributed by atoms with Crippen molar-refractivity contribution in [2.24, 2.45) is 0 Å². The van der Waals surface area contributed by atoms with Crippen LogP contribution in [-0.2, 0) is 0 Å². The minimum atomic E-state index is -0.878. The summed E-state index contributed by atoms with van der Waals surface area (Å²) in [5.74, 6) is -0.878. The van der Waals surface area contributed by atoms with Crippen LogP contribution in [0.25, 0.3) is 10.8 Å². The summed E-state index contributed by atoms with van der Waals surface area (Å²) in [5, 5.41) is 14.7. The Hall–Kier alpha value is -2.07. The fourth-order valence-corrected chi connectivity index (χ4v) is 2.98. The molecule has 1 aliphatic heterocycles. The van der Waals surface area contributed by atoms with Crippen LogP contribution in [0.1, 0.15) is 23.2 Å². The third-order valence-corrected chi connectivity index (χ3v) is 4.23. The molecular formula is C17H20N2O2. The van der Waals surface area contributed by atoms with Crippen molar-refractivity contribution in [2.75, 3.05) is 25.5 Å². The topological polar surface area (TPSA) is 52.6 Å². The van der Waals surface area contributed by atoms with Gasteiger partial charge in [0.25, 0.3) is 0 Å². The van der Waals surface area contributed by atoms with E-state index in [0.29, 0.717) is 11.6 Å². The largest absolute Gasteiger partial charge is 0.478 e. The monoisotopic (exact) mass is 284 g/mol. The summed E-state index contributed by atoms with van der Waals surface area (Å²) in [6.45, 7) is 2.20. The Labute approximate surface area is 124 Å². The number of carbonyl (C=O) groups is 1. The maximum atomic E-state index is 11.3. The van der Waals surface area contributed by atoms with E-state index in [1.54, 1.807) is 6.07 Å². The third-order valence-electron chi connectivity index (χ3n) is 4.23. The van der Waals surface area contributed by atoms with Gasteiger partial charge in [-0.1, -0.05) is 24.3 Å². The van der Waals surface area contributed by atoms with Gasteiger partial charge in [-0.05, 0) is 50.5 Å². The van der Waals surface area contributed by atoms with Gasteiger partial charge in [-0.15, -0.1) is 0 Å². The first kappa shape index (κ1) is 13.9. The van der Waals surface area contributed by atoms with Gasteiger partial charge in [0, 0.05) is 17.1 Å². The smallest absolute Gasteiger partial charge is 0.336 e. The lowest BCUT2D eigenvalue weighted by molar-refractivity contribution is 0.0699. The highest BCUT2D eigenvalue weighted by atomic mass is 16.4. The number of anilines is 1. The molecule has 0 saturated carbocycles. The van der Waals surface area contributed by atoms with Crippen molar-refractivity contribution < 1.29 is 9.90 Å². The van der Waals surface area contributed by atoms with Crippen LogP contribution in [0.5, 0.6) is 0 Å². The number of hydrogen-bond acceptors (Lipinski definition) is 3. The molecule has 0 aliphatic carbocycles. The lowest BCUT2D eigenvalue weighted by Crippen LogP contribution is -2.36. The van der Waals surface area contributed by atoms with E-state index >= 15 is 0 Å². The van der Waals surface area contributed by atoms with Gasteiger partial charge in [-0.3, -0.25) is 0 Å². The molecule has 0 radical (unpaired) electrons. The molecule has 2 aromatic rings. The van der Waals surface area contributed by atoms with Gasteiger partial charge in [-0.25, -0.2) is 4.79 Å². The second kappa shape index (κ2) is 5.74. The average molecular weight is 284 g/mol. The summed E-state index contributed by atoms with van der Waals surface area (Å²) in [6, 6.07) is 11.7. The van der Waals surface area contributed by atoms with Crippen molar-refractivity contribution in [3.05, 3.63) is 42.0 Å². The summed E-state index contributed by atoms with van der Waals surface area (Å²) < 4.78 is 0. The molecular weight excluding hydrogens is 264 g/mol. The van der Waals surface area contributed by atoms with Gasteiger partial charge in [0.15, 0.2) is 0 Å². The summed E-state index contributed by atoms with van der Waals surface area (Å²) in [7, 11) is 2.15. The van der Waals surface area contributed by atoms with Gasteiger partial charge >= 0.3 is 5.97 Å². The fraction of sp³-hybridized carbons (Fsp3) is 0.353. The number of benzene rings is 2. The third kappa shape index (κ3) is 2.85. The van der Waals surface area contributed by atoms with Gasteiger partial charge in [0.2, 0.25) is 0 Å². The van der Waals surface area contributed by atoms with Crippen molar-refractivity contribution in [1.29, 1.82) is 0 Å². The van der Waals surface area contributed by atoms with Crippen LogP contribution in [-0.4, -0.2) is 42.2 Å². The van der Waals surface area contributed by atoms with Crippen molar-refractivity contribution in [2.45, 2.75) is 18.9 Å². The predicted octanol–water partition coefficient (Wildman–Crippen LogP) is 3.04. The predicted molar refractivity (Wildman–Crippen MR) is 85.0 cm³/mol. The van der Waals surface area contributed by atoms with Crippen molar-refractivity contribution in [3.8, 4) is 0 Å². The lowest BCUT2D eigenvalue weighted by atomic mass is 10.0. The average Bonchev–Trinajstić information content (AvgIpc) is 2.49. The van der Waals surface area contributed by atoms with Gasteiger partial charge in [-0.2, -0.15) is 0 Å². The quantitative estimate of drug-likeness (QED) is 0.909. The van der Waals surface area contributed by atoms with Gasteiger partial charge < -0.3 is 15.3 Å². The first-order valence-electron chi connectivity index (χ1n) is 7.35. The first-order chi connectivity index (χ1) is 10.1. The number of nitrogens with zero attached hydrogens (tertiary/aromatic N) is 1. The molecule has 0 unspecified atom stereocenters. The molecule has 1 aliphatic rings. The molecule has 4 nitrogen and oxygen atoms in total. The highest BCUT2D eigenvalue weighted by molar-refractivity contribution is 6.07. The van der Waals surface area contributed by atoms with Crippen LogP contribution >= 0.6 is 0 Å². The summed E-state index contributed by atoms with van der Waals surface area (Å²) in [5.41, 5.74) is 1.39. The molecule has 1 saturated heterocycles. The Balaban J connectivity index is 1.93. The number of aromatic carboxylic acids is 1. The lowest BCUT2D eigenvalue weighted by Gasteiger charge is -2.30. The van der Waals surface area contributed by atoms with Crippen LogP contribution in [0, 0.1) is 0 Å². The molecule has 110 valence electrons. The highest BCUT2D eigenvalue weighted by Gasteiger charge is 2.18. The number of carboxylic acids is 1. The minimum Gasteiger partial charge on any atom is -0.478 e. The van der Waals surface area contributed by atoms with E-state index in [2.05, 4.69) is 17.3 Å². The first-order valence-corrected chi connectivity index (χ1v) is 7.35. The minimum absolute atomic E-state index is 0.361. The SMILES string of the molecule is CN1CCC(Nc2ccc(C(=O)O)c3ccccc23)CC1. The molecule has 1 heterocycles. The molecule has 0 spiro atoms. The number of hydrogen-bond donors (Lipinski definition) is 2. The van der Waals surface area contributed by atoms with Gasteiger partial charge in [0.1, 0.15) is 0 Å². The summed E-state index contributed by atoms with van der Waals surface area (Å²) in [6.07, 6.45) is 2.23. The van der Waals surface area contributed by atoms with Crippen LogP contribution < -0.4 is 5.32 Å². The normalized spacial score (nSPS) is 17.0. The van der Waals surface area contributed by atoms with Crippen LogP contribution in [0.4, 0.5) is 5.69 Å². The van der Waals surface area contributed by atoms with Gasteiger partial charge in [0.05, 0.1) is 5.56 Å². The molecule has 1 fully saturated rings. The molecule has 2 aromatic carbocycles. The second-order valence-corrected chi connectivity index (χ2v) is 5.73. The number of rotatable bonds is 3. The van der Waals surface area contributed by atoms with E-state index in [1.165, 1.54) is 0 Å². The van der Waals surface area contributed by atoms with Crippen molar-refractivity contribution in [3.63, 3.8) is 0 Å². The van der Waals surface area contributed by atoms with Crippen LogP contribution in [0.2, 0.25) is 0 Å². The molecule has 3 rings (SSSR count). The van der Waals surface area contributed by atoms with Crippen LogP contribution in [0.3, 0.4) is 0 Å². The van der Waals surface area contributed by atoms with Crippen molar-refractivity contribution >= 4 is 22.4 Å². The van der Waals surface area contributed by atoms with E-state index in [0.717, 1.165) is 42.4 Å². The Morgan fingerprint density at radius 3 is 2.48 bits per heavy atom. The van der Waals surface area contributed by atoms with E-state index in [9.17, 15) is 9.90 Å². The Kier molecular flexibility index (Phi) is 3.80. The number of likely N-dealkylation sites (tertiary alicyclic amines) is 1. The van der Waals surface area contributed by atoms with Crippen molar-refractivity contribution in [1.82, 2.24) is 4.90 Å². The molecule has 0 aromatic heterocycles. The number of carboxylic acid groups (broad SMARTS) is 1. The number of fused-ring (bicyclic) bond motifs is 1. The standard InChI is InChI=1S/C17H20N2O2/c1-19-10-8-12(9-11-19)18-16-7-6-15(17(20)21)13-4-2-3-5-14(13)16/h2-7,12,18H,8-11H2,1H3,(H,20,21). The molecule has 21 heavy (non-hydrogen) atoms.